The first kappa shape index (κ1) is 20.5. The molecule has 4 rings (SSSR count). The molecule has 8 heteroatoms. The molecule has 0 amide bonds. The zero-order valence-corrected chi connectivity index (χ0v) is 17.5. The summed E-state index contributed by atoms with van der Waals surface area (Å²) in [7, 11) is 4.67. The zero-order valence-electron chi connectivity index (χ0n) is 17.5. The number of methoxy groups -OCH3 is 3. The Morgan fingerprint density at radius 3 is 2.42 bits per heavy atom. The van der Waals surface area contributed by atoms with Gasteiger partial charge in [-0.1, -0.05) is 0 Å². The minimum absolute atomic E-state index is 0.0420. The number of pyridine rings is 1. The SMILES string of the molecule is COc1cc(C=C2CCCc3c2nc2ccc(C(=O)O)cn2c3=O)cc(OC)c1OC. The van der Waals surface area contributed by atoms with Crippen molar-refractivity contribution >= 4 is 23.3 Å². The summed E-state index contributed by atoms with van der Waals surface area (Å²) in [5.41, 5.74) is 3.21. The standard InChI is InChI=1S/C23H22N2O6/c1-29-17-10-13(11-18(30-2)21(17)31-3)9-14-5-4-6-16-20(14)24-19-8-7-15(23(27)28)12-25(19)22(16)26/h7-12H,4-6H2,1-3H3,(H,27,28). The molecule has 8 nitrogen and oxygen atoms in total. The fraction of sp³-hybridized carbons (Fsp3) is 0.261. The predicted octanol–water partition coefficient (Wildman–Crippen LogP) is 3.30. The van der Waals surface area contributed by atoms with Crippen LogP contribution in [0.1, 0.15) is 40.0 Å². The van der Waals surface area contributed by atoms with E-state index in [1.54, 1.807) is 27.4 Å². The van der Waals surface area contributed by atoms with E-state index in [0.717, 1.165) is 24.0 Å². The minimum atomic E-state index is -1.09. The van der Waals surface area contributed by atoms with Crippen LogP contribution in [0.4, 0.5) is 0 Å². The van der Waals surface area contributed by atoms with Crippen molar-refractivity contribution in [2.75, 3.05) is 21.3 Å². The van der Waals surface area contributed by atoms with Crippen LogP contribution >= 0.6 is 0 Å². The maximum atomic E-state index is 13.1. The van der Waals surface area contributed by atoms with E-state index in [9.17, 15) is 14.7 Å². The van der Waals surface area contributed by atoms with Gasteiger partial charge in [0.1, 0.15) is 5.65 Å². The van der Waals surface area contributed by atoms with Gasteiger partial charge in [0.05, 0.1) is 32.6 Å². The molecule has 0 radical (unpaired) electrons. The molecule has 0 spiro atoms. The van der Waals surface area contributed by atoms with Crippen LogP contribution in [0.2, 0.25) is 0 Å². The fourth-order valence-corrected chi connectivity index (χ4v) is 3.89. The van der Waals surface area contributed by atoms with Crippen molar-refractivity contribution in [2.24, 2.45) is 0 Å². The number of rotatable bonds is 5. The number of carbonyl (C=O) groups is 1. The first-order chi connectivity index (χ1) is 15.0. The monoisotopic (exact) mass is 422 g/mol. The number of benzene rings is 1. The second-order valence-corrected chi connectivity index (χ2v) is 7.18. The number of fused-ring (bicyclic) bond motifs is 2. The molecule has 0 atom stereocenters. The van der Waals surface area contributed by atoms with Gasteiger partial charge in [0, 0.05) is 11.8 Å². The second-order valence-electron chi connectivity index (χ2n) is 7.18. The number of carboxylic acid groups (broad SMARTS) is 1. The molecule has 3 aromatic rings. The summed E-state index contributed by atoms with van der Waals surface area (Å²) in [6, 6.07) is 6.68. The van der Waals surface area contributed by atoms with E-state index in [4.69, 9.17) is 14.2 Å². The van der Waals surface area contributed by atoms with E-state index >= 15 is 0 Å². The first-order valence-electron chi connectivity index (χ1n) is 9.76. The van der Waals surface area contributed by atoms with Crippen LogP contribution in [0.5, 0.6) is 17.2 Å². The third-order valence-corrected chi connectivity index (χ3v) is 5.37. The number of hydrogen-bond donors (Lipinski definition) is 1. The number of allylic oxidation sites excluding steroid dienone is 1. The van der Waals surface area contributed by atoms with E-state index in [1.807, 2.05) is 18.2 Å². The van der Waals surface area contributed by atoms with Gasteiger partial charge in [-0.15, -0.1) is 0 Å². The highest BCUT2D eigenvalue weighted by Gasteiger charge is 2.22. The van der Waals surface area contributed by atoms with Gasteiger partial charge >= 0.3 is 5.97 Å². The maximum absolute atomic E-state index is 13.1. The van der Waals surface area contributed by atoms with E-state index in [2.05, 4.69) is 4.98 Å². The van der Waals surface area contributed by atoms with Crippen molar-refractivity contribution in [3.63, 3.8) is 0 Å². The molecule has 0 unspecified atom stereocenters. The lowest BCUT2D eigenvalue weighted by Crippen LogP contribution is -2.25. The zero-order chi connectivity index (χ0) is 22.1. The Bertz CT molecular complexity index is 1250. The van der Waals surface area contributed by atoms with Crippen LogP contribution in [-0.4, -0.2) is 41.8 Å². The van der Waals surface area contributed by atoms with Gasteiger partial charge in [-0.05, 0) is 60.7 Å². The third-order valence-electron chi connectivity index (χ3n) is 5.37. The summed E-state index contributed by atoms with van der Waals surface area (Å²) in [4.78, 5) is 29.0. The lowest BCUT2D eigenvalue weighted by atomic mass is 9.90. The number of aromatic carboxylic acids is 1. The molecule has 0 bridgehead atoms. The molecule has 1 aliphatic rings. The highest BCUT2D eigenvalue weighted by atomic mass is 16.5. The molecule has 0 saturated heterocycles. The molecule has 1 aromatic carbocycles. The number of ether oxygens (including phenoxy) is 3. The smallest absolute Gasteiger partial charge is 0.337 e. The van der Waals surface area contributed by atoms with Gasteiger partial charge in [-0.3, -0.25) is 9.20 Å². The fourth-order valence-electron chi connectivity index (χ4n) is 3.89. The summed E-state index contributed by atoms with van der Waals surface area (Å²) in [5.74, 6) is 0.497. The Kier molecular flexibility index (Phi) is 5.37. The van der Waals surface area contributed by atoms with Gasteiger partial charge < -0.3 is 19.3 Å². The van der Waals surface area contributed by atoms with Crippen molar-refractivity contribution in [1.82, 2.24) is 9.38 Å². The molecular formula is C23H22N2O6. The van der Waals surface area contributed by atoms with Gasteiger partial charge in [0.2, 0.25) is 5.75 Å². The molecule has 160 valence electrons. The normalized spacial score (nSPS) is 14.4. The van der Waals surface area contributed by atoms with Crippen molar-refractivity contribution < 1.29 is 24.1 Å². The van der Waals surface area contributed by atoms with E-state index in [-0.39, 0.29) is 11.1 Å². The van der Waals surface area contributed by atoms with Crippen LogP contribution in [0.3, 0.4) is 0 Å². The minimum Gasteiger partial charge on any atom is -0.493 e. The van der Waals surface area contributed by atoms with Crippen LogP contribution in [-0.2, 0) is 6.42 Å². The largest absolute Gasteiger partial charge is 0.493 e. The molecule has 2 heterocycles. The lowest BCUT2D eigenvalue weighted by Gasteiger charge is -2.19. The summed E-state index contributed by atoms with van der Waals surface area (Å²) in [6.07, 6.45) is 5.44. The van der Waals surface area contributed by atoms with Crippen LogP contribution < -0.4 is 19.8 Å². The highest BCUT2D eigenvalue weighted by Crippen LogP contribution is 2.40. The molecule has 2 aromatic heterocycles. The summed E-state index contributed by atoms with van der Waals surface area (Å²) < 4.78 is 17.6. The van der Waals surface area contributed by atoms with E-state index in [1.165, 1.54) is 16.7 Å². The van der Waals surface area contributed by atoms with Crippen LogP contribution in [0.25, 0.3) is 17.3 Å². The second kappa shape index (κ2) is 8.14. The highest BCUT2D eigenvalue weighted by molar-refractivity contribution is 5.88. The summed E-state index contributed by atoms with van der Waals surface area (Å²) in [5, 5.41) is 9.23. The van der Waals surface area contributed by atoms with Gasteiger partial charge in [-0.2, -0.15) is 0 Å². The number of aromatic nitrogens is 2. The van der Waals surface area contributed by atoms with Gasteiger partial charge in [0.25, 0.3) is 5.56 Å². The average Bonchev–Trinajstić information content (AvgIpc) is 2.78. The Balaban J connectivity index is 1.88. The summed E-state index contributed by atoms with van der Waals surface area (Å²) >= 11 is 0. The molecule has 1 aliphatic carbocycles. The Labute approximate surface area is 178 Å². The number of carboxylic acids is 1. The predicted molar refractivity (Wildman–Crippen MR) is 115 cm³/mol. The number of hydrogen-bond acceptors (Lipinski definition) is 6. The first-order valence-corrected chi connectivity index (χ1v) is 9.76. The van der Waals surface area contributed by atoms with Crippen molar-refractivity contribution in [3.8, 4) is 17.2 Å². The van der Waals surface area contributed by atoms with Gasteiger partial charge in [-0.25, -0.2) is 9.78 Å². The van der Waals surface area contributed by atoms with Crippen molar-refractivity contribution in [1.29, 1.82) is 0 Å². The molecule has 0 fully saturated rings. The molecule has 1 N–H and O–H groups in total. The Hall–Kier alpha value is -3.81. The molecule has 0 saturated carbocycles. The quantitative estimate of drug-likeness (QED) is 0.673. The Morgan fingerprint density at radius 2 is 1.81 bits per heavy atom. The topological polar surface area (TPSA) is 99.4 Å². The van der Waals surface area contributed by atoms with Gasteiger partial charge in [0.15, 0.2) is 11.5 Å². The molecular weight excluding hydrogens is 400 g/mol. The third kappa shape index (κ3) is 3.61. The lowest BCUT2D eigenvalue weighted by molar-refractivity contribution is 0.0696. The maximum Gasteiger partial charge on any atom is 0.337 e. The van der Waals surface area contributed by atoms with Crippen LogP contribution in [0.15, 0.2) is 35.3 Å². The molecule has 31 heavy (non-hydrogen) atoms. The summed E-state index contributed by atoms with van der Waals surface area (Å²) in [6.45, 7) is 0. The average molecular weight is 422 g/mol. The van der Waals surface area contributed by atoms with Crippen molar-refractivity contribution in [3.05, 3.63) is 63.2 Å². The van der Waals surface area contributed by atoms with E-state index in [0.29, 0.717) is 40.6 Å². The van der Waals surface area contributed by atoms with Crippen LogP contribution in [0, 0.1) is 0 Å². The van der Waals surface area contributed by atoms with Crippen molar-refractivity contribution in [2.45, 2.75) is 19.3 Å². The molecule has 0 aliphatic heterocycles. The van der Waals surface area contributed by atoms with E-state index < -0.39 is 5.97 Å². The number of nitrogens with zero attached hydrogens (tertiary/aromatic N) is 2. The Morgan fingerprint density at radius 1 is 1.10 bits per heavy atom.